The molecule has 1 rings (SSSR count). The minimum atomic E-state index is 0.337. The van der Waals surface area contributed by atoms with Gasteiger partial charge in [-0.15, -0.1) is 0 Å². The third-order valence-corrected chi connectivity index (χ3v) is 1.05. The quantitative estimate of drug-likeness (QED) is 0.531. The van der Waals surface area contributed by atoms with Gasteiger partial charge in [0, 0.05) is 12.3 Å². The highest BCUT2D eigenvalue weighted by molar-refractivity contribution is 6.31. The van der Waals surface area contributed by atoms with E-state index in [0.29, 0.717) is 10.8 Å². The van der Waals surface area contributed by atoms with Gasteiger partial charge in [-0.2, -0.15) is 0 Å². The Morgan fingerprint density at radius 3 is 2.88 bits per heavy atom. The molecule has 1 aromatic rings. The smallest absolute Gasteiger partial charge is 0.151 e. The van der Waals surface area contributed by atoms with Crippen LogP contribution < -0.4 is 5.73 Å². The predicted molar refractivity (Wildman–Crippen MR) is 32.5 cm³/mol. The van der Waals surface area contributed by atoms with Gasteiger partial charge < -0.3 is 5.73 Å². The van der Waals surface area contributed by atoms with Crippen LogP contribution in [0.15, 0.2) is 12.3 Å². The molecule has 0 aliphatic rings. The van der Waals surface area contributed by atoms with Crippen molar-refractivity contribution >= 4 is 17.3 Å². The zero-order valence-electron chi connectivity index (χ0n) is 4.06. The van der Waals surface area contributed by atoms with Crippen LogP contribution in [0.1, 0.15) is 0 Å². The van der Waals surface area contributed by atoms with Crippen LogP contribution in [0, 0.1) is 6.07 Å². The van der Waals surface area contributed by atoms with E-state index in [9.17, 15) is 0 Å². The van der Waals surface area contributed by atoms with Crippen molar-refractivity contribution in [3.63, 3.8) is 0 Å². The molecule has 0 bridgehead atoms. The Bertz CT molecular complexity index is 167. The van der Waals surface area contributed by atoms with Gasteiger partial charge in [0.15, 0.2) is 5.15 Å². The average Bonchev–Trinajstić information content (AvgIpc) is 1.77. The summed E-state index contributed by atoms with van der Waals surface area (Å²) in [5, 5.41) is 0.337. The van der Waals surface area contributed by atoms with Crippen LogP contribution in [-0.2, 0) is 0 Å². The lowest BCUT2D eigenvalue weighted by molar-refractivity contribution is 1.33. The molecular weight excluding hydrogens is 124 g/mol. The third kappa shape index (κ3) is 0.898. The molecule has 2 nitrogen and oxygen atoms in total. The van der Waals surface area contributed by atoms with E-state index in [2.05, 4.69) is 11.1 Å². The van der Waals surface area contributed by atoms with Crippen LogP contribution in [0.5, 0.6) is 0 Å². The molecule has 0 aliphatic carbocycles. The van der Waals surface area contributed by atoms with E-state index in [1.54, 1.807) is 6.07 Å². The summed E-state index contributed by atoms with van der Waals surface area (Å²) in [5.41, 5.74) is 5.76. The number of halogens is 1. The van der Waals surface area contributed by atoms with Crippen LogP contribution in [0.2, 0.25) is 5.15 Å². The maximum absolute atomic E-state index is 5.45. The molecule has 41 valence electrons. The van der Waals surface area contributed by atoms with Crippen molar-refractivity contribution in [3.8, 4) is 0 Å². The Kier molecular flexibility index (Phi) is 1.35. The summed E-state index contributed by atoms with van der Waals surface area (Å²) >= 11 is 5.45. The van der Waals surface area contributed by atoms with Crippen molar-refractivity contribution in [1.82, 2.24) is 4.98 Å². The number of nitrogens with zero attached hydrogens (tertiary/aromatic N) is 1. The van der Waals surface area contributed by atoms with Crippen molar-refractivity contribution in [2.24, 2.45) is 0 Å². The van der Waals surface area contributed by atoms with Crippen molar-refractivity contribution in [2.75, 3.05) is 5.73 Å². The Labute approximate surface area is 52.3 Å². The number of rotatable bonds is 0. The Balaban J connectivity index is 3.13. The van der Waals surface area contributed by atoms with Crippen molar-refractivity contribution in [1.29, 1.82) is 0 Å². The number of hydrogen-bond acceptors (Lipinski definition) is 2. The van der Waals surface area contributed by atoms with Gasteiger partial charge in [0.25, 0.3) is 0 Å². The first-order valence-electron chi connectivity index (χ1n) is 2.08. The summed E-state index contributed by atoms with van der Waals surface area (Å²) in [5.74, 6) is 0. The van der Waals surface area contributed by atoms with E-state index in [0.717, 1.165) is 0 Å². The van der Waals surface area contributed by atoms with Crippen LogP contribution in [-0.4, -0.2) is 4.98 Å². The van der Waals surface area contributed by atoms with Crippen molar-refractivity contribution in [2.45, 2.75) is 0 Å². The average molecular weight is 128 g/mol. The number of aromatic nitrogens is 1. The zero-order valence-corrected chi connectivity index (χ0v) is 4.81. The molecule has 1 heterocycles. The molecular formula is C5H4ClN2. The molecule has 0 aliphatic heterocycles. The lowest BCUT2D eigenvalue weighted by atomic mass is 10.4. The minimum Gasteiger partial charge on any atom is -0.396 e. The fraction of sp³-hybridized carbons (Fsp3) is 0. The first kappa shape index (κ1) is 5.38. The lowest BCUT2D eigenvalue weighted by Gasteiger charge is -1.89. The largest absolute Gasteiger partial charge is 0.396 e. The molecule has 1 aromatic heterocycles. The zero-order chi connectivity index (χ0) is 5.98. The Morgan fingerprint density at radius 1 is 1.75 bits per heavy atom. The van der Waals surface area contributed by atoms with Gasteiger partial charge >= 0.3 is 0 Å². The van der Waals surface area contributed by atoms with E-state index in [1.807, 2.05) is 0 Å². The van der Waals surface area contributed by atoms with Crippen molar-refractivity contribution < 1.29 is 0 Å². The summed E-state index contributed by atoms with van der Waals surface area (Å²) in [6.45, 7) is 0. The second-order valence-electron chi connectivity index (χ2n) is 1.32. The fourth-order valence-corrected chi connectivity index (χ4v) is 0.458. The van der Waals surface area contributed by atoms with E-state index in [1.165, 1.54) is 6.20 Å². The molecule has 0 atom stereocenters. The molecule has 0 unspecified atom stereocenters. The Morgan fingerprint density at radius 2 is 2.50 bits per heavy atom. The predicted octanol–water partition coefficient (Wildman–Crippen LogP) is 1.12. The topological polar surface area (TPSA) is 38.9 Å². The number of nitrogens with two attached hydrogens (primary N) is 1. The second kappa shape index (κ2) is 2.01. The first-order valence-corrected chi connectivity index (χ1v) is 2.45. The molecule has 0 saturated carbocycles. The maximum atomic E-state index is 5.45. The summed E-state index contributed by atoms with van der Waals surface area (Å²) < 4.78 is 0. The highest BCUT2D eigenvalue weighted by Gasteiger charge is 1.89. The SMILES string of the molecule is Nc1c[c]cnc1Cl. The fourth-order valence-electron chi connectivity index (χ4n) is 0.355. The van der Waals surface area contributed by atoms with Crippen molar-refractivity contribution in [3.05, 3.63) is 23.5 Å². The van der Waals surface area contributed by atoms with E-state index < -0.39 is 0 Å². The van der Waals surface area contributed by atoms with Crippen LogP contribution >= 0.6 is 11.6 Å². The minimum absolute atomic E-state index is 0.337. The van der Waals surface area contributed by atoms with Crippen LogP contribution in [0.25, 0.3) is 0 Å². The number of pyridine rings is 1. The summed E-state index contributed by atoms with van der Waals surface area (Å²) in [7, 11) is 0. The monoisotopic (exact) mass is 127 g/mol. The lowest BCUT2D eigenvalue weighted by Crippen LogP contribution is -1.86. The van der Waals surface area contributed by atoms with Crippen LogP contribution in [0.3, 0.4) is 0 Å². The van der Waals surface area contributed by atoms with Gasteiger partial charge in [-0.3, -0.25) is 0 Å². The number of anilines is 1. The van der Waals surface area contributed by atoms with Gasteiger partial charge in [-0.05, 0) is 6.07 Å². The van der Waals surface area contributed by atoms with Gasteiger partial charge in [0.1, 0.15) is 0 Å². The summed E-state index contributed by atoms with van der Waals surface area (Å²) in [4.78, 5) is 3.66. The molecule has 3 heteroatoms. The number of nitrogen functional groups attached to an aromatic ring is 1. The normalized spacial score (nSPS) is 9.12. The van der Waals surface area contributed by atoms with E-state index >= 15 is 0 Å². The maximum Gasteiger partial charge on any atom is 0.151 e. The summed E-state index contributed by atoms with van der Waals surface area (Å²) in [6, 6.07) is 4.26. The molecule has 8 heavy (non-hydrogen) atoms. The van der Waals surface area contributed by atoms with Gasteiger partial charge in [0.2, 0.25) is 0 Å². The standard InChI is InChI=1S/C5H4ClN2/c6-5-4(7)2-1-3-8-5/h2-3H,7H2. The molecule has 2 N–H and O–H groups in total. The Hall–Kier alpha value is -0.760. The van der Waals surface area contributed by atoms with E-state index in [-0.39, 0.29) is 0 Å². The molecule has 0 spiro atoms. The molecule has 0 saturated heterocycles. The van der Waals surface area contributed by atoms with E-state index in [4.69, 9.17) is 17.3 Å². The molecule has 1 radical (unpaired) electrons. The third-order valence-electron chi connectivity index (χ3n) is 0.729. The van der Waals surface area contributed by atoms with Gasteiger partial charge in [0.05, 0.1) is 5.69 Å². The molecule has 0 amide bonds. The highest BCUT2D eigenvalue weighted by Crippen LogP contribution is 2.11. The summed E-state index contributed by atoms with van der Waals surface area (Å²) in [6.07, 6.45) is 1.47. The number of hydrogen-bond donors (Lipinski definition) is 1. The highest BCUT2D eigenvalue weighted by atomic mass is 35.5. The second-order valence-corrected chi connectivity index (χ2v) is 1.67. The first-order chi connectivity index (χ1) is 3.80. The van der Waals surface area contributed by atoms with Gasteiger partial charge in [-0.25, -0.2) is 4.98 Å². The molecule has 0 fully saturated rings. The van der Waals surface area contributed by atoms with Crippen LogP contribution in [0.4, 0.5) is 5.69 Å². The van der Waals surface area contributed by atoms with Gasteiger partial charge in [-0.1, -0.05) is 11.6 Å². The molecule has 0 aromatic carbocycles.